The molecule has 0 bridgehead atoms. The Labute approximate surface area is 114 Å². The zero-order valence-corrected chi connectivity index (χ0v) is 10.6. The van der Waals surface area contributed by atoms with E-state index in [1.54, 1.807) is 0 Å². The summed E-state index contributed by atoms with van der Waals surface area (Å²) in [7, 11) is 1.31. The van der Waals surface area contributed by atoms with E-state index in [1.807, 2.05) is 0 Å². The summed E-state index contributed by atoms with van der Waals surface area (Å²) in [6.45, 7) is 3.48. The van der Waals surface area contributed by atoms with Crippen LogP contribution in [0.15, 0.2) is 30.9 Å². The van der Waals surface area contributed by atoms with Crippen molar-refractivity contribution in [3.05, 3.63) is 52.1 Å². The number of nitrogens with zero attached hydrogens (tertiary/aromatic N) is 2. The van der Waals surface area contributed by atoms with E-state index in [2.05, 4.69) is 6.58 Å². The van der Waals surface area contributed by atoms with Crippen LogP contribution in [0.3, 0.4) is 0 Å². The van der Waals surface area contributed by atoms with Crippen LogP contribution < -0.4 is 0 Å². The van der Waals surface area contributed by atoms with Gasteiger partial charge in [-0.3, -0.25) is 19.7 Å². The first-order chi connectivity index (χ1) is 9.36. The Morgan fingerprint density at radius 3 is 2.55 bits per heavy atom. The molecule has 20 heavy (non-hydrogen) atoms. The number of hydrogen-bond acceptors (Lipinski definition) is 5. The third kappa shape index (κ3) is 3.62. The summed E-state index contributed by atoms with van der Waals surface area (Å²) >= 11 is 0. The molecule has 0 fully saturated rings. The maximum absolute atomic E-state index is 12.0. The summed E-state index contributed by atoms with van der Waals surface area (Å²) in [6, 6.07) is 2.91. The molecule has 1 amide bonds. The van der Waals surface area contributed by atoms with Crippen LogP contribution in [-0.4, -0.2) is 40.6 Å². The molecule has 1 rings (SSSR count). The molecule has 1 N–H and O–H groups in total. The third-order valence-electron chi connectivity index (χ3n) is 2.29. The van der Waals surface area contributed by atoms with E-state index >= 15 is 0 Å². The van der Waals surface area contributed by atoms with Gasteiger partial charge in [0.2, 0.25) is 0 Å². The Morgan fingerprint density at radius 1 is 1.45 bits per heavy atom. The first kappa shape index (κ1) is 15.3. The summed E-state index contributed by atoms with van der Waals surface area (Å²) < 4.78 is 0. The maximum Gasteiger partial charge on any atom is 0.335 e. The number of amides is 1. The van der Waals surface area contributed by atoms with Gasteiger partial charge in [-0.05, 0) is 6.07 Å². The molecule has 0 aromatic heterocycles. The first-order valence-corrected chi connectivity index (χ1v) is 5.41. The second kappa shape index (κ2) is 6.43. The molecule has 0 saturated heterocycles. The van der Waals surface area contributed by atoms with Crippen molar-refractivity contribution >= 4 is 17.6 Å². The van der Waals surface area contributed by atoms with Crippen molar-refractivity contribution in [1.82, 2.24) is 5.06 Å². The molecule has 8 nitrogen and oxygen atoms in total. The van der Waals surface area contributed by atoms with Gasteiger partial charge in [0.1, 0.15) is 0 Å². The lowest BCUT2D eigenvalue weighted by Crippen LogP contribution is -2.27. The highest BCUT2D eigenvalue weighted by molar-refractivity contribution is 5.98. The predicted octanol–water partition coefficient (Wildman–Crippen LogP) is 1.48. The number of carbonyl (C=O) groups excluding carboxylic acids is 1. The summed E-state index contributed by atoms with van der Waals surface area (Å²) in [4.78, 5) is 37.8. The number of carboxylic acid groups (broad SMARTS) is 1. The van der Waals surface area contributed by atoms with Crippen molar-refractivity contribution < 1.29 is 24.5 Å². The van der Waals surface area contributed by atoms with Crippen LogP contribution >= 0.6 is 0 Å². The van der Waals surface area contributed by atoms with Crippen molar-refractivity contribution in [1.29, 1.82) is 0 Å². The van der Waals surface area contributed by atoms with Gasteiger partial charge >= 0.3 is 5.97 Å². The van der Waals surface area contributed by atoms with Gasteiger partial charge in [0.25, 0.3) is 11.6 Å². The normalized spacial score (nSPS) is 9.85. The Bertz CT molecular complexity index is 537. The van der Waals surface area contributed by atoms with Gasteiger partial charge in [0, 0.05) is 24.7 Å². The van der Waals surface area contributed by atoms with E-state index in [0.717, 1.165) is 23.3 Å². The summed E-state index contributed by atoms with van der Waals surface area (Å²) in [5.41, 5.74) is -0.979. The van der Waals surface area contributed by atoms with Crippen molar-refractivity contribution in [3.8, 4) is 0 Å². The van der Waals surface area contributed by atoms with Crippen LogP contribution in [0.1, 0.15) is 20.7 Å². The monoisotopic (exact) mass is 280 g/mol. The standard InChI is InChI=1S/C12H12N2O6/c1-3-4-20-13(2)11(15)8-5-9(12(16)17)7-10(6-8)14(18)19/h3,5-7H,1,4H2,2H3,(H,16,17). The highest BCUT2D eigenvalue weighted by atomic mass is 16.7. The lowest BCUT2D eigenvalue weighted by Gasteiger charge is -2.15. The minimum Gasteiger partial charge on any atom is -0.478 e. The predicted molar refractivity (Wildman–Crippen MR) is 68.3 cm³/mol. The van der Waals surface area contributed by atoms with Crippen molar-refractivity contribution in [2.45, 2.75) is 0 Å². The fourth-order valence-corrected chi connectivity index (χ4v) is 1.37. The Morgan fingerprint density at radius 2 is 2.05 bits per heavy atom. The molecule has 0 saturated carbocycles. The molecule has 1 aromatic rings. The van der Waals surface area contributed by atoms with Gasteiger partial charge in [-0.2, -0.15) is 0 Å². The van der Waals surface area contributed by atoms with Crippen LogP contribution in [0.2, 0.25) is 0 Å². The van der Waals surface area contributed by atoms with Crippen LogP contribution in [-0.2, 0) is 4.84 Å². The molecule has 8 heteroatoms. The SMILES string of the molecule is C=CCON(C)C(=O)c1cc(C(=O)O)cc([N+](=O)[O-])c1. The molecule has 0 radical (unpaired) electrons. The smallest absolute Gasteiger partial charge is 0.335 e. The number of aromatic carboxylic acids is 1. The topological polar surface area (TPSA) is 110 Å². The molecule has 0 aliphatic carbocycles. The molecule has 0 atom stereocenters. The number of rotatable bonds is 6. The molecular formula is C12H12N2O6. The minimum atomic E-state index is -1.36. The van der Waals surface area contributed by atoms with E-state index in [9.17, 15) is 19.7 Å². The fraction of sp³-hybridized carbons (Fsp3) is 0.167. The minimum absolute atomic E-state index is 0.0724. The van der Waals surface area contributed by atoms with Gasteiger partial charge in [0.05, 0.1) is 17.1 Å². The van der Waals surface area contributed by atoms with E-state index in [4.69, 9.17) is 9.94 Å². The largest absolute Gasteiger partial charge is 0.478 e. The average molecular weight is 280 g/mol. The van der Waals surface area contributed by atoms with E-state index < -0.39 is 22.5 Å². The lowest BCUT2D eigenvalue weighted by atomic mass is 10.1. The zero-order valence-electron chi connectivity index (χ0n) is 10.6. The Kier molecular flexibility index (Phi) is 4.93. The number of benzene rings is 1. The van der Waals surface area contributed by atoms with Gasteiger partial charge in [0.15, 0.2) is 0 Å². The summed E-state index contributed by atoms with van der Waals surface area (Å²) in [5, 5.41) is 20.5. The maximum atomic E-state index is 12.0. The third-order valence-corrected chi connectivity index (χ3v) is 2.29. The Hall–Kier alpha value is -2.74. The molecular weight excluding hydrogens is 268 g/mol. The second-order valence-corrected chi connectivity index (χ2v) is 3.72. The average Bonchev–Trinajstić information content (AvgIpc) is 2.43. The second-order valence-electron chi connectivity index (χ2n) is 3.72. The number of carbonyl (C=O) groups is 2. The van der Waals surface area contributed by atoms with Crippen molar-refractivity contribution in [2.24, 2.45) is 0 Å². The molecule has 0 unspecified atom stereocenters. The summed E-state index contributed by atoms with van der Waals surface area (Å²) in [6.07, 6.45) is 1.42. The highest BCUT2D eigenvalue weighted by Gasteiger charge is 2.20. The fourth-order valence-electron chi connectivity index (χ4n) is 1.37. The van der Waals surface area contributed by atoms with Gasteiger partial charge in [-0.25, -0.2) is 9.86 Å². The van der Waals surface area contributed by atoms with E-state index in [-0.39, 0.29) is 17.7 Å². The van der Waals surface area contributed by atoms with Crippen LogP contribution in [0.5, 0.6) is 0 Å². The van der Waals surface area contributed by atoms with E-state index in [0.29, 0.717) is 0 Å². The molecule has 0 aliphatic heterocycles. The molecule has 0 heterocycles. The number of carboxylic acids is 1. The first-order valence-electron chi connectivity index (χ1n) is 5.41. The van der Waals surface area contributed by atoms with Crippen LogP contribution in [0, 0.1) is 10.1 Å². The van der Waals surface area contributed by atoms with Gasteiger partial charge < -0.3 is 5.11 Å². The highest BCUT2D eigenvalue weighted by Crippen LogP contribution is 2.18. The van der Waals surface area contributed by atoms with E-state index in [1.165, 1.54) is 13.1 Å². The number of hydroxylamine groups is 2. The number of nitro groups is 1. The molecule has 0 aliphatic rings. The van der Waals surface area contributed by atoms with Crippen molar-refractivity contribution in [2.75, 3.05) is 13.7 Å². The summed E-state index contributed by atoms with van der Waals surface area (Å²) in [5.74, 6) is -2.06. The van der Waals surface area contributed by atoms with Gasteiger partial charge in [-0.15, -0.1) is 6.58 Å². The van der Waals surface area contributed by atoms with Crippen LogP contribution in [0.4, 0.5) is 5.69 Å². The number of hydrogen-bond donors (Lipinski definition) is 1. The molecule has 0 spiro atoms. The lowest BCUT2D eigenvalue weighted by molar-refractivity contribution is -0.384. The quantitative estimate of drug-likeness (QED) is 0.480. The van der Waals surface area contributed by atoms with Crippen LogP contribution in [0.25, 0.3) is 0 Å². The number of non-ortho nitro benzene ring substituents is 1. The zero-order chi connectivity index (χ0) is 15.3. The van der Waals surface area contributed by atoms with Crippen molar-refractivity contribution in [3.63, 3.8) is 0 Å². The molecule has 106 valence electrons. The number of nitro benzene ring substituents is 1. The Balaban J connectivity index is 3.16. The molecule has 1 aromatic carbocycles. The van der Waals surface area contributed by atoms with Gasteiger partial charge in [-0.1, -0.05) is 6.08 Å².